The van der Waals surface area contributed by atoms with Crippen molar-refractivity contribution in [3.8, 4) is 5.75 Å². The zero-order valence-corrected chi connectivity index (χ0v) is 13.0. The summed E-state index contributed by atoms with van der Waals surface area (Å²) in [5, 5.41) is 3.56. The topological polar surface area (TPSA) is 21.3 Å². The van der Waals surface area contributed by atoms with E-state index in [2.05, 4.69) is 43.4 Å². The molecule has 0 heterocycles. The summed E-state index contributed by atoms with van der Waals surface area (Å²) in [6.45, 7) is 6.48. The first-order valence-corrected chi connectivity index (χ1v) is 8.22. The molecule has 0 bridgehead atoms. The minimum atomic E-state index is 0.567. The SMILES string of the molecule is CC(C)c1cccc(OCCCCCCNC2CC2)c1. The number of hydrogen-bond donors (Lipinski definition) is 1. The van der Waals surface area contributed by atoms with E-state index < -0.39 is 0 Å². The van der Waals surface area contributed by atoms with Crippen LogP contribution in [0.15, 0.2) is 24.3 Å². The number of rotatable bonds is 10. The maximum atomic E-state index is 5.84. The highest BCUT2D eigenvalue weighted by molar-refractivity contribution is 5.30. The molecule has 1 aliphatic carbocycles. The normalized spacial score (nSPS) is 14.8. The van der Waals surface area contributed by atoms with Crippen LogP contribution in [-0.4, -0.2) is 19.2 Å². The van der Waals surface area contributed by atoms with Gasteiger partial charge in [-0.1, -0.05) is 38.8 Å². The van der Waals surface area contributed by atoms with Crippen molar-refractivity contribution in [2.45, 2.75) is 64.3 Å². The summed E-state index contributed by atoms with van der Waals surface area (Å²) in [6, 6.07) is 9.35. The summed E-state index contributed by atoms with van der Waals surface area (Å²) in [7, 11) is 0. The molecule has 1 N–H and O–H groups in total. The average molecular weight is 275 g/mol. The van der Waals surface area contributed by atoms with Gasteiger partial charge in [0, 0.05) is 6.04 Å². The minimum absolute atomic E-state index is 0.567. The maximum Gasteiger partial charge on any atom is 0.119 e. The van der Waals surface area contributed by atoms with E-state index in [-0.39, 0.29) is 0 Å². The Morgan fingerprint density at radius 2 is 1.95 bits per heavy atom. The van der Waals surface area contributed by atoms with Gasteiger partial charge in [0.2, 0.25) is 0 Å². The van der Waals surface area contributed by atoms with Crippen LogP contribution in [-0.2, 0) is 0 Å². The molecule has 1 fully saturated rings. The second-order valence-electron chi connectivity index (χ2n) is 6.22. The molecule has 0 amide bonds. The third kappa shape index (κ3) is 5.96. The van der Waals surface area contributed by atoms with Crippen molar-refractivity contribution in [2.75, 3.05) is 13.2 Å². The zero-order chi connectivity index (χ0) is 14.2. The molecule has 2 heteroatoms. The molecule has 1 aromatic carbocycles. The number of nitrogens with one attached hydrogen (secondary N) is 1. The van der Waals surface area contributed by atoms with Gasteiger partial charge in [0.25, 0.3) is 0 Å². The molecule has 1 saturated carbocycles. The maximum absolute atomic E-state index is 5.84. The van der Waals surface area contributed by atoms with Crippen LogP contribution in [0.5, 0.6) is 5.75 Å². The molecular weight excluding hydrogens is 246 g/mol. The molecule has 1 aromatic rings. The Morgan fingerprint density at radius 1 is 1.15 bits per heavy atom. The Balaban J connectivity index is 1.50. The van der Waals surface area contributed by atoms with Gasteiger partial charge in [0.1, 0.15) is 5.75 Å². The van der Waals surface area contributed by atoms with E-state index in [9.17, 15) is 0 Å². The number of ether oxygens (including phenoxy) is 1. The summed E-state index contributed by atoms with van der Waals surface area (Å²) in [5.41, 5.74) is 1.36. The van der Waals surface area contributed by atoms with Crippen LogP contribution in [0.1, 0.15) is 63.9 Å². The van der Waals surface area contributed by atoms with Gasteiger partial charge < -0.3 is 10.1 Å². The van der Waals surface area contributed by atoms with E-state index in [1.165, 1.54) is 44.2 Å². The van der Waals surface area contributed by atoms with Crippen LogP contribution >= 0.6 is 0 Å². The highest BCUT2D eigenvalue weighted by Crippen LogP contribution is 2.20. The zero-order valence-electron chi connectivity index (χ0n) is 13.0. The van der Waals surface area contributed by atoms with Gasteiger partial charge in [-0.15, -0.1) is 0 Å². The fourth-order valence-corrected chi connectivity index (χ4v) is 2.33. The van der Waals surface area contributed by atoms with E-state index in [0.29, 0.717) is 5.92 Å². The van der Waals surface area contributed by atoms with Crippen LogP contribution in [0.3, 0.4) is 0 Å². The highest BCUT2D eigenvalue weighted by atomic mass is 16.5. The fraction of sp³-hybridized carbons (Fsp3) is 0.667. The first-order chi connectivity index (χ1) is 9.75. The molecule has 112 valence electrons. The van der Waals surface area contributed by atoms with Gasteiger partial charge in [-0.25, -0.2) is 0 Å². The van der Waals surface area contributed by atoms with E-state index in [0.717, 1.165) is 24.8 Å². The minimum Gasteiger partial charge on any atom is -0.494 e. The first kappa shape index (κ1) is 15.4. The summed E-state index contributed by atoms with van der Waals surface area (Å²) >= 11 is 0. The number of benzene rings is 1. The molecule has 0 atom stereocenters. The van der Waals surface area contributed by atoms with Gasteiger partial charge in [-0.3, -0.25) is 0 Å². The molecule has 0 aliphatic heterocycles. The van der Waals surface area contributed by atoms with Crippen LogP contribution in [0.4, 0.5) is 0 Å². The van der Waals surface area contributed by atoms with Crippen LogP contribution in [0, 0.1) is 0 Å². The van der Waals surface area contributed by atoms with Gasteiger partial charge >= 0.3 is 0 Å². The second-order valence-corrected chi connectivity index (χ2v) is 6.22. The van der Waals surface area contributed by atoms with Gasteiger partial charge in [0.05, 0.1) is 6.61 Å². The van der Waals surface area contributed by atoms with Gasteiger partial charge in [-0.05, 0) is 55.8 Å². The molecule has 1 aliphatic rings. The second kappa shape index (κ2) is 8.31. The van der Waals surface area contributed by atoms with E-state index >= 15 is 0 Å². The largest absolute Gasteiger partial charge is 0.494 e. The molecule has 0 spiro atoms. The Morgan fingerprint density at radius 3 is 2.70 bits per heavy atom. The van der Waals surface area contributed by atoms with Crippen LogP contribution in [0.25, 0.3) is 0 Å². The molecule has 0 aromatic heterocycles. The predicted octanol–water partition coefficient (Wildman–Crippen LogP) is 4.50. The van der Waals surface area contributed by atoms with Crippen molar-refractivity contribution in [3.63, 3.8) is 0 Å². The first-order valence-electron chi connectivity index (χ1n) is 8.22. The van der Waals surface area contributed by atoms with E-state index in [1.54, 1.807) is 0 Å². The summed E-state index contributed by atoms with van der Waals surface area (Å²) in [4.78, 5) is 0. The fourth-order valence-electron chi connectivity index (χ4n) is 2.33. The van der Waals surface area contributed by atoms with Crippen molar-refractivity contribution in [1.82, 2.24) is 5.32 Å². The lowest BCUT2D eigenvalue weighted by molar-refractivity contribution is 0.304. The van der Waals surface area contributed by atoms with E-state index in [1.807, 2.05) is 0 Å². The predicted molar refractivity (Wildman–Crippen MR) is 85.5 cm³/mol. The molecule has 0 saturated heterocycles. The van der Waals surface area contributed by atoms with Crippen LogP contribution in [0.2, 0.25) is 0 Å². The quantitative estimate of drug-likeness (QED) is 0.635. The van der Waals surface area contributed by atoms with Gasteiger partial charge in [-0.2, -0.15) is 0 Å². The third-order valence-corrected chi connectivity index (χ3v) is 3.87. The van der Waals surface area contributed by atoms with Crippen molar-refractivity contribution in [2.24, 2.45) is 0 Å². The third-order valence-electron chi connectivity index (χ3n) is 3.87. The Labute approximate surface area is 123 Å². The molecule has 0 unspecified atom stereocenters. The van der Waals surface area contributed by atoms with Crippen molar-refractivity contribution in [3.05, 3.63) is 29.8 Å². The van der Waals surface area contributed by atoms with Crippen molar-refractivity contribution < 1.29 is 4.74 Å². The monoisotopic (exact) mass is 275 g/mol. The summed E-state index contributed by atoms with van der Waals surface area (Å²) in [6.07, 6.45) is 7.84. The Hall–Kier alpha value is -1.02. The molecule has 2 rings (SSSR count). The number of unbranched alkanes of at least 4 members (excludes halogenated alkanes) is 3. The molecule has 2 nitrogen and oxygen atoms in total. The number of hydrogen-bond acceptors (Lipinski definition) is 2. The van der Waals surface area contributed by atoms with Gasteiger partial charge in [0.15, 0.2) is 0 Å². The standard InChI is InChI=1S/C18H29NO/c1-15(2)16-8-7-9-18(14-16)20-13-6-4-3-5-12-19-17-10-11-17/h7-9,14-15,17,19H,3-6,10-13H2,1-2H3. The summed E-state index contributed by atoms with van der Waals surface area (Å²) < 4.78 is 5.84. The molecule has 20 heavy (non-hydrogen) atoms. The smallest absolute Gasteiger partial charge is 0.119 e. The Kier molecular flexibility index (Phi) is 6.38. The Bertz CT molecular complexity index is 385. The van der Waals surface area contributed by atoms with Crippen LogP contribution < -0.4 is 10.1 Å². The molecular formula is C18H29NO. The lowest BCUT2D eigenvalue weighted by Crippen LogP contribution is -2.17. The van der Waals surface area contributed by atoms with Crippen molar-refractivity contribution in [1.29, 1.82) is 0 Å². The molecule has 0 radical (unpaired) electrons. The lowest BCUT2D eigenvalue weighted by Gasteiger charge is -2.10. The summed E-state index contributed by atoms with van der Waals surface area (Å²) in [5.74, 6) is 1.59. The van der Waals surface area contributed by atoms with E-state index in [4.69, 9.17) is 4.74 Å². The van der Waals surface area contributed by atoms with Crippen molar-refractivity contribution >= 4 is 0 Å². The highest BCUT2D eigenvalue weighted by Gasteiger charge is 2.19. The average Bonchev–Trinajstić information content (AvgIpc) is 3.26. The lowest BCUT2D eigenvalue weighted by atomic mass is 10.0.